The van der Waals surface area contributed by atoms with E-state index in [2.05, 4.69) is 32.5 Å². The molecular weight excluding hydrogens is 314 g/mol. The van der Waals surface area contributed by atoms with Crippen molar-refractivity contribution in [1.82, 2.24) is 19.7 Å². The fourth-order valence-corrected chi connectivity index (χ4v) is 2.68. The van der Waals surface area contributed by atoms with E-state index < -0.39 is 0 Å². The summed E-state index contributed by atoms with van der Waals surface area (Å²) < 4.78 is 7.00. The topological polar surface area (TPSA) is 64.9 Å². The molecule has 0 spiro atoms. The average Bonchev–Trinajstić information content (AvgIpc) is 3.12. The number of fused-ring (bicyclic) bond motifs is 1. The summed E-state index contributed by atoms with van der Waals surface area (Å²) in [5.74, 6) is 1.58. The molecule has 0 aliphatic carbocycles. The molecule has 0 fully saturated rings. The lowest BCUT2D eigenvalue weighted by Gasteiger charge is -2.07. The van der Waals surface area contributed by atoms with E-state index in [1.54, 1.807) is 24.3 Å². The number of hydrogen-bond acceptors (Lipinski definition) is 5. The van der Waals surface area contributed by atoms with Gasteiger partial charge in [0.1, 0.15) is 17.9 Å². The first-order chi connectivity index (χ1) is 12.3. The van der Waals surface area contributed by atoms with E-state index in [0.717, 1.165) is 28.3 Å². The van der Waals surface area contributed by atoms with E-state index in [4.69, 9.17) is 4.74 Å². The number of methoxy groups -OCH3 is 1. The van der Waals surface area contributed by atoms with Crippen LogP contribution in [0, 0.1) is 0 Å². The molecule has 6 nitrogen and oxygen atoms in total. The number of nitrogens with zero attached hydrogens (tertiary/aromatic N) is 4. The minimum Gasteiger partial charge on any atom is -0.497 e. The van der Waals surface area contributed by atoms with E-state index in [-0.39, 0.29) is 0 Å². The minimum absolute atomic E-state index is 0.695. The van der Waals surface area contributed by atoms with Crippen molar-refractivity contribution >= 4 is 16.9 Å². The van der Waals surface area contributed by atoms with Gasteiger partial charge in [-0.1, -0.05) is 30.3 Å². The molecule has 2 aromatic heterocycles. The summed E-state index contributed by atoms with van der Waals surface area (Å²) in [6.45, 7) is 0.695. The van der Waals surface area contributed by atoms with Gasteiger partial charge >= 0.3 is 0 Å². The molecule has 0 saturated carbocycles. The van der Waals surface area contributed by atoms with Crippen molar-refractivity contribution in [3.05, 3.63) is 72.7 Å². The van der Waals surface area contributed by atoms with Gasteiger partial charge in [-0.2, -0.15) is 5.10 Å². The highest BCUT2D eigenvalue weighted by molar-refractivity contribution is 5.87. The predicted octanol–water partition coefficient (Wildman–Crippen LogP) is 3.44. The predicted molar refractivity (Wildman–Crippen MR) is 97.0 cm³/mol. The number of hydrogen-bond donors (Lipinski definition) is 1. The molecule has 25 heavy (non-hydrogen) atoms. The van der Waals surface area contributed by atoms with Crippen molar-refractivity contribution < 1.29 is 4.74 Å². The Morgan fingerprint density at radius 3 is 2.56 bits per heavy atom. The maximum Gasteiger partial charge on any atom is 0.168 e. The third-order valence-electron chi connectivity index (χ3n) is 3.99. The lowest BCUT2D eigenvalue weighted by Crippen LogP contribution is -2.03. The Kier molecular flexibility index (Phi) is 4.00. The van der Waals surface area contributed by atoms with Crippen molar-refractivity contribution in [3.63, 3.8) is 0 Å². The third-order valence-corrected chi connectivity index (χ3v) is 3.99. The van der Waals surface area contributed by atoms with Crippen LogP contribution in [0.15, 0.2) is 67.1 Å². The van der Waals surface area contributed by atoms with Crippen LogP contribution in [-0.2, 0) is 6.54 Å². The summed E-state index contributed by atoms with van der Waals surface area (Å²) >= 11 is 0. The van der Waals surface area contributed by atoms with Crippen molar-refractivity contribution in [2.24, 2.45) is 0 Å². The number of aromatic nitrogens is 4. The fourth-order valence-electron chi connectivity index (χ4n) is 2.68. The number of rotatable bonds is 5. The van der Waals surface area contributed by atoms with Crippen LogP contribution >= 0.6 is 0 Å². The van der Waals surface area contributed by atoms with Crippen LogP contribution in [0.4, 0.5) is 5.82 Å². The van der Waals surface area contributed by atoms with Crippen molar-refractivity contribution in [3.8, 4) is 11.4 Å². The molecule has 0 atom stereocenters. The zero-order valence-electron chi connectivity index (χ0n) is 13.8. The second-order valence-corrected chi connectivity index (χ2v) is 5.55. The standard InChI is InChI=1S/C19H17N5O/c1-25-16-9-7-15(8-10-16)24-19-17(12-23-24)18(21-13-22-19)20-11-14-5-3-2-4-6-14/h2-10,12-13H,11H2,1H3,(H,20,21,22). The molecule has 124 valence electrons. The molecule has 0 saturated heterocycles. The lowest BCUT2D eigenvalue weighted by molar-refractivity contribution is 0.414. The monoisotopic (exact) mass is 331 g/mol. The largest absolute Gasteiger partial charge is 0.497 e. The fraction of sp³-hybridized carbons (Fsp3) is 0.105. The lowest BCUT2D eigenvalue weighted by atomic mass is 10.2. The molecule has 0 aliphatic heterocycles. The van der Waals surface area contributed by atoms with Gasteiger partial charge < -0.3 is 10.1 Å². The third kappa shape index (κ3) is 3.01. The van der Waals surface area contributed by atoms with E-state index in [0.29, 0.717) is 6.54 Å². The van der Waals surface area contributed by atoms with Gasteiger partial charge in [-0.05, 0) is 29.8 Å². The number of anilines is 1. The summed E-state index contributed by atoms with van der Waals surface area (Å²) in [6.07, 6.45) is 3.34. The van der Waals surface area contributed by atoms with Gasteiger partial charge in [0.25, 0.3) is 0 Å². The molecule has 0 bridgehead atoms. The van der Waals surface area contributed by atoms with Gasteiger partial charge in [0.05, 0.1) is 24.4 Å². The Labute approximate surface area is 145 Å². The van der Waals surface area contributed by atoms with E-state index in [1.165, 1.54) is 5.56 Å². The summed E-state index contributed by atoms with van der Waals surface area (Å²) in [5, 5.41) is 8.72. The van der Waals surface area contributed by atoms with E-state index in [1.807, 2.05) is 42.5 Å². The van der Waals surface area contributed by atoms with Crippen LogP contribution in [0.3, 0.4) is 0 Å². The van der Waals surface area contributed by atoms with Crippen molar-refractivity contribution in [2.45, 2.75) is 6.54 Å². The van der Waals surface area contributed by atoms with Crippen molar-refractivity contribution in [2.75, 3.05) is 12.4 Å². The number of nitrogens with one attached hydrogen (secondary N) is 1. The Morgan fingerprint density at radius 1 is 1.00 bits per heavy atom. The Morgan fingerprint density at radius 2 is 1.80 bits per heavy atom. The minimum atomic E-state index is 0.695. The second-order valence-electron chi connectivity index (χ2n) is 5.55. The SMILES string of the molecule is COc1ccc(-n2ncc3c(NCc4ccccc4)ncnc32)cc1. The van der Waals surface area contributed by atoms with Crippen LogP contribution in [0.25, 0.3) is 16.7 Å². The van der Waals surface area contributed by atoms with Gasteiger partial charge in [-0.25, -0.2) is 14.6 Å². The van der Waals surface area contributed by atoms with Crippen LogP contribution < -0.4 is 10.1 Å². The molecular formula is C19H17N5O. The first-order valence-corrected chi connectivity index (χ1v) is 7.96. The molecule has 4 rings (SSSR count). The summed E-state index contributed by atoms with van der Waals surface area (Å²) in [5.41, 5.74) is 2.87. The zero-order chi connectivity index (χ0) is 17.1. The van der Waals surface area contributed by atoms with E-state index >= 15 is 0 Å². The summed E-state index contributed by atoms with van der Waals surface area (Å²) in [4.78, 5) is 8.75. The second kappa shape index (κ2) is 6.60. The summed E-state index contributed by atoms with van der Waals surface area (Å²) in [6, 6.07) is 17.9. The van der Waals surface area contributed by atoms with Gasteiger partial charge in [-0.3, -0.25) is 0 Å². The van der Waals surface area contributed by atoms with Crippen LogP contribution in [-0.4, -0.2) is 26.9 Å². The maximum absolute atomic E-state index is 5.20. The first kappa shape index (κ1) is 15.1. The average molecular weight is 331 g/mol. The summed E-state index contributed by atoms with van der Waals surface area (Å²) in [7, 11) is 1.65. The van der Waals surface area contributed by atoms with E-state index in [9.17, 15) is 0 Å². The van der Waals surface area contributed by atoms with Crippen LogP contribution in [0.1, 0.15) is 5.56 Å². The van der Waals surface area contributed by atoms with Crippen molar-refractivity contribution in [1.29, 1.82) is 0 Å². The molecule has 1 N–H and O–H groups in total. The highest BCUT2D eigenvalue weighted by Crippen LogP contribution is 2.23. The molecule has 0 aliphatic rings. The van der Waals surface area contributed by atoms with Gasteiger partial charge in [0.2, 0.25) is 0 Å². The highest BCUT2D eigenvalue weighted by atomic mass is 16.5. The molecule has 0 radical (unpaired) electrons. The molecule has 4 aromatic rings. The van der Waals surface area contributed by atoms with Gasteiger partial charge in [0.15, 0.2) is 5.65 Å². The Bertz CT molecular complexity index is 980. The highest BCUT2D eigenvalue weighted by Gasteiger charge is 2.11. The maximum atomic E-state index is 5.20. The van der Waals surface area contributed by atoms with Crippen LogP contribution in [0.5, 0.6) is 5.75 Å². The molecule has 6 heteroatoms. The zero-order valence-corrected chi connectivity index (χ0v) is 13.8. The number of benzene rings is 2. The van der Waals surface area contributed by atoms with Gasteiger partial charge in [0, 0.05) is 6.54 Å². The quantitative estimate of drug-likeness (QED) is 0.607. The number of ether oxygens (including phenoxy) is 1. The molecule has 2 heterocycles. The smallest absolute Gasteiger partial charge is 0.168 e. The Balaban J connectivity index is 1.65. The normalized spacial score (nSPS) is 10.8. The first-order valence-electron chi connectivity index (χ1n) is 7.96. The Hall–Kier alpha value is -3.41. The van der Waals surface area contributed by atoms with Gasteiger partial charge in [-0.15, -0.1) is 0 Å². The molecule has 2 aromatic carbocycles. The van der Waals surface area contributed by atoms with Crippen LogP contribution in [0.2, 0.25) is 0 Å². The molecule has 0 unspecified atom stereocenters. The molecule has 0 amide bonds.